The first-order valence-corrected chi connectivity index (χ1v) is 36.7. The SMILES string of the molecule is O=C(NCC(F)(F)F)c1nn(Cc2ccccc2)c2c1CCCCC2c1ccccc1.O=C(NN1CCCCC1)c1nn(-c2ccc(Cl)cc2Cl)c2c1CCCCC2Cc1ccc(F)cc1.O=C(NN1CCCCC1)c1nn(-c2ccc(Cl)cc2Cl)c2c1CCCCC2Cc1cccc(F)c1. The lowest BCUT2D eigenvalue weighted by molar-refractivity contribution is -0.123. The Bertz CT molecular complexity index is 4330. The zero-order valence-electron chi connectivity index (χ0n) is 56.2. The molecule has 3 aliphatic carbocycles. The van der Waals surface area contributed by atoms with Gasteiger partial charge < -0.3 is 5.32 Å². The smallest absolute Gasteiger partial charge is 0.342 e. The first-order valence-electron chi connectivity index (χ1n) is 35.2. The molecule has 6 aromatic carbocycles. The Balaban J connectivity index is 0.000000144. The first-order chi connectivity index (χ1) is 48.9. The maximum absolute atomic E-state index is 14.0. The predicted octanol–water partition coefficient (Wildman–Crippen LogP) is 18.1. The average molecular weight is 1460 g/mol. The second-order valence-electron chi connectivity index (χ2n) is 26.8. The minimum atomic E-state index is -4.47. The molecule has 0 saturated carbocycles. The Morgan fingerprint density at radius 3 is 1.44 bits per heavy atom. The second-order valence-corrected chi connectivity index (χ2v) is 28.5. The van der Waals surface area contributed by atoms with Gasteiger partial charge in [-0.15, -0.1) is 0 Å². The summed E-state index contributed by atoms with van der Waals surface area (Å²) in [6.45, 7) is 2.49. The van der Waals surface area contributed by atoms with Crippen LogP contribution in [0.15, 0.2) is 146 Å². The second kappa shape index (κ2) is 33.9. The third-order valence-corrected chi connectivity index (χ3v) is 20.7. The van der Waals surface area contributed by atoms with Crippen LogP contribution < -0.4 is 16.2 Å². The van der Waals surface area contributed by atoms with Gasteiger partial charge in [0.05, 0.1) is 45.0 Å². The third kappa shape index (κ3) is 18.5. The molecule has 0 radical (unpaired) electrons. The summed E-state index contributed by atoms with van der Waals surface area (Å²) in [5.74, 6) is -1.38. The maximum atomic E-state index is 14.0. The van der Waals surface area contributed by atoms with Gasteiger partial charge in [-0.1, -0.05) is 163 Å². The average Bonchev–Trinajstić information content (AvgIpc) is 1.63. The monoisotopic (exact) mass is 1460 g/mol. The van der Waals surface area contributed by atoms with Gasteiger partial charge in [0.15, 0.2) is 17.1 Å². The van der Waals surface area contributed by atoms with E-state index in [1.165, 1.54) is 31.0 Å². The molecular formula is C78H82Cl4F5N11O3. The van der Waals surface area contributed by atoms with Crippen LogP contribution in [0.4, 0.5) is 22.0 Å². The molecule has 0 bridgehead atoms. The molecule has 14 nitrogen and oxygen atoms in total. The summed E-state index contributed by atoms with van der Waals surface area (Å²) in [6.07, 6.45) is 14.4. The molecule has 23 heteroatoms. The number of nitrogens with one attached hydrogen (secondary N) is 3. The molecule has 530 valence electrons. The highest BCUT2D eigenvalue weighted by Gasteiger charge is 2.36. The molecule has 3 amide bonds. The van der Waals surface area contributed by atoms with Gasteiger partial charge in [0.25, 0.3) is 17.7 Å². The van der Waals surface area contributed by atoms with Crippen LogP contribution in [0.2, 0.25) is 20.1 Å². The Hall–Kier alpha value is -7.91. The van der Waals surface area contributed by atoms with E-state index >= 15 is 0 Å². The van der Waals surface area contributed by atoms with Crippen LogP contribution in [-0.4, -0.2) is 96.0 Å². The van der Waals surface area contributed by atoms with E-state index < -0.39 is 18.6 Å². The molecule has 2 saturated heterocycles. The molecule has 2 aliphatic heterocycles. The van der Waals surface area contributed by atoms with E-state index in [1.54, 1.807) is 36.4 Å². The molecule has 9 aromatic rings. The van der Waals surface area contributed by atoms with E-state index in [1.807, 2.05) is 108 Å². The van der Waals surface area contributed by atoms with Gasteiger partial charge in [-0.3, -0.25) is 29.9 Å². The van der Waals surface area contributed by atoms with Crippen molar-refractivity contribution in [2.24, 2.45) is 0 Å². The van der Waals surface area contributed by atoms with Gasteiger partial charge >= 0.3 is 6.18 Å². The van der Waals surface area contributed by atoms with Crippen molar-refractivity contribution in [1.82, 2.24) is 55.5 Å². The summed E-state index contributed by atoms with van der Waals surface area (Å²) in [6, 6.07) is 43.8. The number of hydrogen-bond donors (Lipinski definition) is 3. The highest BCUT2D eigenvalue weighted by Crippen LogP contribution is 2.42. The van der Waals surface area contributed by atoms with Crippen molar-refractivity contribution in [2.75, 3.05) is 32.7 Å². The Labute approximate surface area is 605 Å². The van der Waals surface area contributed by atoms with Crippen molar-refractivity contribution >= 4 is 64.1 Å². The third-order valence-electron chi connectivity index (χ3n) is 19.6. The number of fused-ring (bicyclic) bond motifs is 3. The van der Waals surface area contributed by atoms with Crippen molar-refractivity contribution in [1.29, 1.82) is 0 Å². The van der Waals surface area contributed by atoms with Gasteiger partial charge in [0, 0.05) is 70.7 Å². The number of piperidine rings is 2. The van der Waals surface area contributed by atoms with Crippen molar-refractivity contribution in [3.63, 3.8) is 0 Å². The molecule has 5 heterocycles. The summed E-state index contributed by atoms with van der Waals surface area (Å²) in [5, 5.41) is 22.3. The Kier molecular flexibility index (Phi) is 24.5. The normalized spacial score (nSPS) is 18.0. The number of benzene rings is 6. The van der Waals surface area contributed by atoms with E-state index in [2.05, 4.69) is 28.1 Å². The molecule has 3 N–H and O–H groups in total. The zero-order valence-corrected chi connectivity index (χ0v) is 59.2. The number of rotatable bonds is 15. The maximum Gasteiger partial charge on any atom is 0.405 e. The molecule has 101 heavy (non-hydrogen) atoms. The molecule has 5 aliphatic rings. The summed E-state index contributed by atoms with van der Waals surface area (Å²) < 4.78 is 71.0. The zero-order chi connectivity index (χ0) is 70.6. The van der Waals surface area contributed by atoms with E-state index in [0.29, 0.717) is 62.2 Å². The van der Waals surface area contributed by atoms with E-state index in [0.717, 1.165) is 185 Å². The number of hydrogen-bond acceptors (Lipinski definition) is 8. The number of carbonyl (C=O) groups is 3. The minimum absolute atomic E-state index is 0.0408. The Morgan fingerprint density at radius 1 is 0.455 bits per heavy atom. The van der Waals surface area contributed by atoms with Crippen molar-refractivity contribution in [2.45, 2.75) is 159 Å². The first kappa shape index (κ1) is 72.9. The van der Waals surface area contributed by atoms with Crippen LogP contribution in [0, 0.1) is 11.6 Å². The fourth-order valence-corrected chi connectivity index (χ4v) is 15.9. The number of halogens is 9. The highest BCUT2D eigenvalue weighted by atomic mass is 35.5. The minimum Gasteiger partial charge on any atom is -0.342 e. The van der Waals surface area contributed by atoms with Crippen LogP contribution in [0.3, 0.4) is 0 Å². The van der Waals surface area contributed by atoms with Crippen LogP contribution >= 0.6 is 46.4 Å². The van der Waals surface area contributed by atoms with Crippen molar-refractivity contribution in [3.05, 3.63) is 250 Å². The Morgan fingerprint density at radius 2 is 0.931 bits per heavy atom. The lowest BCUT2D eigenvalue weighted by Gasteiger charge is -2.26. The number of carbonyl (C=O) groups excluding carboxylic acids is 3. The lowest BCUT2D eigenvalue weighted by atomic mass is 9.90. The van der Waals surface area contributed by atoms with Gasteiger partial charge in [-0.05, 0) is 179 Å². The highest BCUT2D eigenvalue weighted by molar-refractivity contribution is 6.36. The summed E-state index contributed by atoms with van der Waals surface area (Å²) in [7, 11) is 0. The van der Waals surface area contributed by atoms with E-state index in [9.17, 15) is 36.3 Å². The molecule has 3 atom stereocenters. The predicted molar refractivity (Wildman–Crippen MR) is 386 cm³/mol. The fraction of sp³-hybridized carbons (Fsp3) is 0.385. The summed E-state index contributed by atoms with van der Waals surface area (Å²) in [5.41, 5.74) is 18.4. The largest absolute Gasteiger partial charge is 0.405 e. The fourth-order valence-electron chi connectivity index (χ4n) is 14.9. The van der Waals surface area contributed by atoms with Crippen molar-refractivity contribution in [3.8, 4) is 11.4 Å². The number of aromatic nitrogens is 6. The standard InChI is InChI=1S/2C27H29Cl2FN4O.C24H24F3N3O/c28-20-11-12-24(23(29)17-20)34-26-19(15-18-7-6-9-21(30)16-18)8-2-3-10-22(26)25(31-34)27(35)32-33-13-4-1-5-14-33;28-20-10-13-24(23(29)17-20)34-26-19(16-18-8-11-21(30)12-9-18)6-2-3-7-22(26)25(31-34)27(35)32-33-14-4-1-5-15-33;25-24(26,27)16-28-23(31)21-20-14-8-7-13-19(18-11-5-2-6-12-18)22(20)30(29-21)15-17-9-3-1-4-10-17/h6-7,9,11-12,16-17,19H,1-5,8,10,13-15H2,(H,32,35);8-13,17,19H,1-7,14-16H2,(H,32,35);1-6,9-12,19H,7-8,13-16H2,(H,28,31). The summed E-state index contributed by atoms with van der Waals surface area (Å²) in [4.78, 5) is 39.6. The van der Waals surface area contributed by atoms with Gasteiger partial charge in [-0.2, -0.15) is 28.5 Å². The van der Waals surface area contributed by atoms with E-state index in [4.69, 9.17) is 56.6 Å². The van der Waals surface area contributed by atoms with Crippen LogP contribution in [-0.2, 0) is 38.6 Å². The van der Waals surface area contributed by atoms with Gasteiger partial charge in [-0.25, -0.2) is 28.2 Å². The molecule has 2 fully saturated rings. The van der Waals surface area contributed by atoms with Crippen LogP contribution in [0.5, 0.6) is 0 Å². The molecule has 14 rings (SSSR count). The number of amides is 3. The number of hydrazine groups is 2. The molecule has 0 spiro atoms. The molecule has 3 aromatic heterocycles. The van der Waals surface area contributed by atoms with Crippen molar-refractivity contribution < 1.29 is 36.3 Å². The quantitative estimate of drug-likeness (QED) is 0.0679. The number of nitrogens with zero attached hydrogens (tertiary/aromatic N) is 8. The van der Waals surface area contributed by atoms with E-state index in [-0.39, 0.29) is 46.9 Å². The lowest BCUT2D eigenvalue weighted by Crippen LogP contribution is -2.45. The topological polar surface area (TPSA) is 147 Å². The van der Waals surface area contributed by atoms with Crippen LogP contribution in [0.25, 0.3) is 11.4 Å². The summed E-state index contributed by atoms with van der Waals surface area (Å²) >= 11 is 25.6. The van der Waals surface area contributed by atoms with Gasteiger partial charge in [0.2, 0.25) is 0 Å². The van der Waals surface area contributed by atoms with Gasteiger partial charge in [0.1, 0.15) is 18.2 Å². The molecule has 3 unspecified atom stereocenters. The number of alkyl halides is 3. The van der Waals surface area contributed by atoms with Crippen LogP contribution in [0.1, 0.15) is 202 Å². The molecular weight excluding hydrogens is 1380 g/mol.